The summed E-state index contributed by atoms with van der Waals surface area (Å²) in [6.45, 7) is 0. The number of hydrogen-bond donors (Lipinski definition) is 1. The first-order valence-electron chi connectivity index (χ1n) is 4.32. The summed E-state index contributed by atoms with van der Waals surface area (Å²) < 4.78 is 1.07. The van der Waals surface area contributed by atoms with Crippen LogP contribution in [0.4, 0.5) is 0 Å². The Bertz CT molecular complexity index is 334. The molecule has 0 heterocycles. The van der Waals surface area contributed by atoms with E-state index in [1.54, 1.807) is 0 Å². The Labute approximate surface area is 91.4 Å². The second-order valence-electron chi connectivity index (χ2n) is 3.77. The van der Waals surface area contributed by atoms with Crippen molar-refractivity contribution in [2.45, 2.75) is 24.8 Å². The fourth-order valence-electron chi connectivity index (χ4n) is 1.38. The molecule has 70 valence electrons. The van der Waals surface area contributed by atoms with Crippen LogP contribution in [0.1, 0.15) is 18.4 Å². The summed E-state index contributed by atoms with van der Waals surface area (Å²) in [4.78, 5) is 0. The van der Waals surface area contributed by atoms with E-state index < -0.39 is 0 Å². The van der Waals surface area contributed by atoms with Gasteiger partial charge in [-0.15, -0.1) is 0 Å². The Balaban J connectivity index is 2.20. The van der Waals surface area contributed by atoms with E-state index in [1.807, 2.05) is 18.2 Å². The predicted molar refractivity (Wildman–Crippen MR) is 59.0 cm³/mol. The minimum absolute atomic E-state index is 0.0658. The first kappa shape index (κ1) is 9.50. The van der Waals surface area contributed by atoms with Crippen LogP contribution in [-0.4, -0.2) is 5.54 Å². The molecule has 1 aromatic rings. The molecule has 13 heavy (non-hydrogen) atoms. The van der Waals surface area contributed by atoms with Crippen LogP contribution in [0.2, 0.25) is 5.02 Å². The van der Waals surface area contributed by atoms with E-state index in [4.69, 9.17) is 17.3 Å². The summed E-state index contributed by atoms with van der Waals surface area (Å²) in [6.07, 6.45) is 3.23. The molecule has 2 rings (SSSR count). The van der Waals surface area contributed by atoms with Gasteiger partial charge in [0.15, 0.2) is 0 Å². The van der Waals surface area contributed by atoms with Crippen LogP contribution in [0.25, 0.3) is 0 Å². The van der Waals surface area contributed by atoms with Gasteiger partial charge < -0.3 is 5.73 Å². The Hall–Kier alpha value is -0.0500. The van der Waals surface area contributed by atoms with Gasteiger partial charge in [0.1, 0.15) is 0 Å². The average molecular weight is 261 g/mol. The van der Waals surface area contributed by atoms with Crippen molar-refractivity contribution in [1.82, 2.24) is 0 Å². The molecule has 2 N–H and O–H groups in total. The molecule has 0 aliphatic heterocycles. The largest absolute Gasteiger partial charge is 0.325 e. The summed E-state index contributed by atoms with van der Waals surface area (Å²) in [6, 6.07) is 5.87. The minimum atomic E-state index is 0.0658. The van der Waals surface area contributed by atoms with Gasteiger partial charge in [-0.1, -0.05) is 33.6 Å². The molecule has 0 unspecified atom stereocenters. The second kappa shape index (κ2) is 3.26. The second-order valence-corrected chi connectivity index (χ2v) is 5.07. The highest BCUT2D eigenvalue weighted by Crippen LogP contribution is 2.37. The predicted octanol–water partition coefficient (Wildman–Crippen LogP) is 3.14. The van der Waals surface area contributed by atoms with Crippen LogP contribution in [0, 0.1) is 0 Å². The van der Waals surface area contributed by atoms with Gasteiger partial charge in [0.2, 0.25) is 0 Å². The smallest absolute Gasteiger partial charge is 0.0417 e. The van der Waals surface area contributed by atoms with Crippen molar-refractivity contribution in [3.8, 4) is 0 Å². The number of benzene rings is 1. The first-order chi connectivity index (χ1) is 6.09. The van der Waals surface area contributed by atoms with Crippen LogP contribution >= 0.6 is 27.5 Å². The summed E-state index contributed by atoms with van der Waals surface area (Å²) >= 11 is 9.33. The SMILES string of the molecule is NC1(Cc2ccc(Cl)cc2Br)CC1. The lowest BCUT2D eigenvalue weighted by molar-refractivity contribution is 0.670. The maximum absolute atomic E-state index is 6.03. The molecule has 0 amide bonds. The van der Waals surface area contributed by atoms with Gasteiger partial charge in [-0.05, 0) is 37.0 Å². The molecule has 1 nitrogen and oxygen atoms in total. The van der Waals surface area contributed by atoms with Crippen molar-refractivity contribution in [2.24, 2.45) is 5.73 Å². The molecule has 1 aliphatic carbocycles. The average Bonchev–Trinajstić information content (AvgIpc) is 2.75. The molecular weight excluding hydrogens is 249 g/mol. The highest BCUT2D eigenvalue weighted by molar-refractivity contribution is 9.10. The van der Waals surface area contributed by atoms with Gasteiger partial charge in [0, 0.05) is 15.0 Å². The zero-order chi connectivity index (χ0) is 9.47. The molecule has 0 spiro atoms. The molecule has 1 aromatic carbocycles. The minimum Gasteiger partial charge on any atom is -0.325 e. The normalized spacial score (nSPS) is 18.7. The van der Waals surface area contributed by atoms with Crippen molar-refractivity contribution < 1.29 is 0 Å². The summed E-state index contributed by atoms with van der Waals surface area (Å²) in [5, 5.41) is 0.762. The van der Waals surface area contributed by atoms with E-state index in [-0.39, 0.29) is 5.54 Å². The van der Waals surface area contributed by atoms with Crippen molar-refractivity contribution in [3.63, 3.8) is 0 Å². The molecule has 3 heteroatoms. The molecular formula is C10H11BrClN. The third kappa shape index (κ3) is 2.25. The molecule has 0 bridgehead atoms. The van der Waals surface area contributed by atoms with Gasteiger partial charge in [-0.25, -0.2) is 0 Å². The highest BCUT2D eigenvalue weighted by Gasteiger charge is 2.38. The Morgan fingerprint density at radius 3 is 2.69 bits per heavy atom. The van der Waals surface area contributed by atoms with Crippen LogP contribution in [0.5, 0.6) is 0 Å². The molecule has 0 atom stereocenters. The van der Waals surface area contributed by atoms with E-state index in [1.165, 1.54) is 5.56 Å². The lowest BCUT2D eigenvalue weighted by Gasteiger charge is -2.10. The summed E-state index contributed by atoms with van der Waals surface area (Å²) in [5.41, 5.74) is 7.35. The van der Waals surface area contributed by atoms with Crippen molar-refractivity contribution in [2.75, 3.05) is 0 Å². The van der Waals surface area contributed by atoms with Gasteiger partial charge in [0.25, 0.3) is 0 Å². The Kier molecular flexibility index (Phi) is 2.39. The number of rotatable bonds is 2. The maximum Gasteiger partial charge on any atom is 0.0417 e. The summed E-state index contributed by atoms with van der Waals surface area (Å²) in [5.74, 6) is 0. The zero-order valence-corrected chi connectivity index (χ0v) is 9.53. The van der Waals surface area contributed by atoms with Crippen LogP contribution < -0.4 is 5.73 Å². The highest BCUT2D eigenvalue weighted by atomic mass is 79.9. The molecule has 1 saturated carbocycles. The fourth-order valence-corrected chi connectivity index (χ4v) is 2.20. The quantitative estimate of drug-likeness (QED) is 0.869. The lowest BCUT2D eigenvalue weighted by atomic mass is 10.1. The molecule has 1 fully saturated rings. The molecule has 0 radical (unpaired) electrons. The Morgan fingerprint density at radius 2 is 2.15 bits per heavy atom. The fraction of sp³-hybridized carbons (Fsp3) is 0.400. The number of halogens is 2. The monoisotopic (exact) mass is 259 g/mol. The zero-order valence-electron chi connectivity index (χ0n) is 7.19. The standard InChI is InChI=1S/C10H11BrClN/c11-9-5-8(12)2-1-7(9)6-10(13)3-4-10/h1-2,5H,3-4,6,13H2. The van der Waals surface area contributed by atoms with Gasteiger partial charge in [0.05, 0.1) is 0 Å². The van der Waals surface area contributed by atoms with Crippen LogP contribution in [-0.2, 0) is 6.42 Å². The lowest BCUT2D eigenvalue weighted by Crippen LogP contribution is -2.24. The van der Waals surface area contributed by atoms with Gasteiger partial charge in [-0.2, -0.15) is 0 Å². The number of hydrogen-bond acceptors (Lipinski definition) is 1. The van der Waals surface area contributed by atoms with E-state index in [2.05, 4.69) is 15.9 Å². The van der Waals surface area contributed by atoms with Crippen molar-refractivity contribution in [1.29, 1.82) is 0 Å². The van der Waals surface area contributed by atoms with Gasteiger partial charge in [-0.3, -0.25) is 0 Å². The maximum atomic E-state index is 6.03. The van der Waals surface area contributed by atoms with E-state index in [0.29, 0.717) is 0 Å². The van der Waals surface area contributed by atoms with Crippen LogP contribution in [0.3, 0.4) is 0 Å². The number of nitrogens with two attached hydrogens (primary N) is 1. The molecule has 0 saturated heterocycles. The molecule has 1 aliphatic rings. The van der Waals surface area contributed by atoms with E-state index in [9.17, 15) is 0 Å². The third-order valence-corrected chi connectivity index (χ3v) is 3.42. The van der Waals surface area contributed by atoms with Crippen molar-refractivity contribution in [3.05, 3.63) is 33.3 Å². The van der Waals surface area contributed by atoms with Crippen molar-refractivity contribution >= 4 is 27.5 Å². The van der Waals surface area contributed by atoms with Gasteiger partial charge >= 0.3 is 0 Å². The van der Waals surface area contributed by atoms with E-state index in [0.717, 1.165) is 28.8 Å². The van der Waals surface area contributed by atoms with Crippen LogP contribution in [0.15, 0.2) is 22.7 Å². The summed E-state index contributed by atoms with van der Waals surface area (Å²) in [7, 11) is 0. The third-order valence-electron chi connectivity index (χ3n) is 2.45. The molecule has 0 aromatic heterocycles. The van der Waals surface area contributed by atoms with E-state index >= 15 is 0 Å². The first-order valence-corrected chi connectivity index (χ1v) is 5.49. The Morgan fingerprint density at radius 1 is 1.46 bits per heavy atom. The topological polar surface area (TPSA) is 26.0 Å².